The van der Waals surface area contributed by atoms with Gasteiger partial charge in [-0.2, -0.15) is 5.10 Å². The van der Waals surface area contributed by atoms with E-state index in [4.69, 9.17) is 4.74 Å². The van der Waals surface area contributed by atoms with Crippen LogP contribution in [0.1, 0.15) is 61.7 Å². The summed E-state index contributed by atoms with van der Waals surface area (Å²) < 4.78 is 143. The van der Waals surface area contributed by atoms with Gasteiger partial charge in [-0.05, 0) is 66.5 Å². The molecule has 2 aromatic carbocycles. The van der Waals surface area contributed by atoms with E-state index >= 15 is 0 Å². The summed E-state index contributed by atoms with van der Waals surface area (Å²) >= 11 is 0. The molecule has 3 aliphatic rings. The van der Waals surface area contributed by atoms with Crippen molar-refractivity contribution in [2.45, 2.75) is 61.8 Å². The highest BCUT2D eigenvalue weighted by Gasteiger charge is 2.61. The van der Waals surface area contributed by atoms with E-state index < -0.39 is 80.4 Å². The number of fused-ring (bicyclic) bond motifs is 2. The third kappa shape index (κ3) is 10.4. The molecule has 74 heavy (non-hydrogen) atoms. The van der Waals surface area contributed by atoms with Crippen molar-refractivity contribution in [1.82, 2.24) is 39.7 Å². The number of rotatable bonds is 17. The number of hydrogen-bond acceptors (Lipinski definition) is 14. The highest BCUT2D eigenvalue weighted by molar-refractivity contribution is 7.92. The molecule has 5 aromatic heterocycles. The zero-order valence-electron chi connectivity index (χ0n) is 39.3. The fourth-order valence-electron chi connectivity index (χ4n) is 8.88. The van der Waals surface area contributed by atoms with Gasteiger partial charge in [-0.3, -0.25) is 18.6 Å². The summed E-state index contributed by atoms with van der Waals surface area (Å²) in [5.41, 5.74) is 1.91. The zero-order chi connectivity index (χ0) is 52.6. The SMILES string of the molecule is CN(c1cc(-c2cnn(CC3CC3C(=O)Nc3cc(Nc4ccc(C5CCOCC5)cc4S(C)(=O)=O)c4nc(C(F)F)[nH]c4n3)c2)ccc1Nc1cc(NC(=O)[C@H]2CC2(F)F)nc2[nH]c(C(F)F)nc12)S(C)(=O)=O. The van der Waals surface area contributed by atoms with Crippen LogP contribution in [0.25, 0.3) is 33.5 Å². The molecular formula is C46H45F6N13O7S2. The van der Waals surface area contributed by atoms with Crippen molar-refractivity contribution in [2.75, 3.05) is 58.3 Å². The number of imidazole rings is 2. The third-order valence-electron chi connectivity index (χ3n) is 13.1. The van der Waals surface area contributed by atoms with E-state index in [1.165, 1.54) is 37.5 Å². The first kappa shape index (κ1) is 50.2. The lowest BCUT2D eigenvalue weighted by Gasteiger charge is -2.23. The topological polar surface area (TPSA) is 264 Å². The predicted octanol–water partition coefficient (Wildman–Crippen LogP) is 8.02. The van der Waals surface area contributed by atoms with E-state index in [2.05, 4.69) is 56.3 Å². The van der Waals surface area contributed by atoms with E-state index in [0.717, 1.165) is 35.2 Å². The van der Waals surface area contributed by atoms with E-state index in [1.807, 2.05) is 0 Å². The predicted molar refractivity (Wildman–Crippen MR) is 259 cm³/mol. The van der Waals surface area contributed by atoms with Crippen LogP contribution in [0.15, 0.2) is 65.8 Å². The Bertz CT molecular complexity index is 3600. The fraction of sp³-hybridized carbons (Fsp3) is 0.370. The second-order valence-corrected chi connectivity index (χ2v) is 22.5. The van der Waals surface area contributed by atoms with Gasteiger partial charge in [0.25, 0.3) is 18.8 Å². The summed E-state index contributed by atoms with van der Waals surface area (Å²) in [4.78, 5) is 47.5. The number of H-pyrrole nitrogens is 2. The van der Waals surface area contributed by atoms with Crippen molar-refractivity contribution in [3.8, 4) is 11.1 Å². The zero-order valence-corrected chi connectivity index (χ0v) is 40.9. The number of nitrogens with zero attached hydrogens (tertiary/aromatic N) is 7. The summed E-state index contributed by atoms with van der Waals surface area (Å²) in [7, 11) is -6.45. The van der Waals surface area contributed by atoms with Crippen LogP contribution in [0.3, 0.4) is 0 Å². The molecule has 6 heterocycles. The van der Waals surface area contributed by atoms with Crippen molar-refractivity contribution in [3.05, 3.63) is 78.1 Å². The minimum absolute atomic E-state index is 0.0104. The quantitative estimate of drug-likeness (QED) is 0.0472. The first-order chi connectivity index (χ1) is 35.0. The number of anilines is 7. The second kappa shape index (κ2) is 18.9. The monoisotopic (exact) mass is 1070 g/mol. The Morgan fingerprint density at radius 3 is 1.95 bits per heavy atom. The van der Waals surface area contributed by atoms with Crippen LogP contribution in [-0.4, -0.2) is 107 Å². The number of alkyl halides is 6. The summed E-state index contributed by atoms with van der Waals surface area (Å²) in [6.45, 7) is 1.37. The van der Waals surface area contributed by atoms with E-state index in [0.29, 0.717) is 30.8 Å². The molecule has 3 fully saturated rings. The first-order valence-corrected chi connectivity index (χ1v) is 26.7. The standard InChI is InChI=1S/C46H45F6N13O7S2/c1-64(74(3,70)71)32-13-22(4-6-28(32)54-30-15-35(59-45(67)27-17-46(27,51)52)57-40-36(30)60-42(62-40)38(47)48)25-18-53-65(20-25)19-24-12-26(24)44(66)58-34-16-31(37-41(56-34)63-43(61-37)39(49)50)55-29-7-5-23(14-33(29)73(2,68)69)21-8-10-72-11-9-21/h4-7,13-16,18,20-21,24,26-27,38-39H,8-12,17,19H2,1-3H3,(H3,54,57,59,60,62,67)(H3,55,56,58,61,63,66)/t24?,26?,27-/m1/s1. The molecule has 1 saturated heterocycles. The average molecular weight is 1070 g/mol. The van der Waals surface area contributed by atoms with Gasteiger partial charge in [0.05, 0.1) is 45.8 Å². The lowest BCUT2D eigenvalue weighted by atomic mass is 9.91. The average Bonchev–Trinajstić information content (AvgIpc) is 3.93. The second-order valence-electron chi connectivity index (χ2n) is 18.5. The minimum Gasteiger partial charge on any atom is -0.381 e. The number of nitrogens with one attached hydrogen (secondary N) is 6. The highest BCUT2D eigenvalue weighted by Crippen LogP contribution is 2.49. The molecule has 0 radical (unpaired) electrons. The molecule has 3 atom stereocenters. The molecule has 20 nitrogen and oxygen atoms in total. The van der Waals surface area contributed by atoms with Gasteiger partial charge in [0.15, 0.2) is 32.8 Å². The van der Waals surface area contributed by atoms with Crippen LogP contribution in [0.4, 0.5) is 66.4 Å². The molecule has 28 heteroatoms. The summed E-state index contributed by atoms with van der Waals surface area (Å²) in [5.74, 6) is -8.58. The maximum atomic E-state index is 13.9. The van der Waals surface area contributed by atoms with E-state index in [1.54, 1.807) is 35.1 Å². The van der Waals surface area contributed by atoms with Crippen molar-refractivity contribution >= 4 is 94.1 Å². The lowest BCUT2D eigenvalue weighted by Crippen LogP contribution is -2.25. The largest absolute Gasteiger partial charge is 0.381 e. The third-order valence-corrected chi connectivity index (χ3v) is 15.4. The maximum absolute atomic E-state index is 13.9. The van der Waals surface area contributed by atoms with Crippen LogP contribution in [0.5, 0.6) is 0 Å². The van der Waals surface area contributed by atoms with Crippen LogP contribution in [0, 0.1) is 17.8 Å². The number of aromatic amines is 2. The Hall–Kier alpha value is -7.33. The Morgan fingerprint density at radius 2 is 1.38 bits per heavy atom. The van der Waals surface area contributed by atoms with Crippen LogP contribution in [-0.2, 0) is 40.7 Å². The molecule has 390 valence electrons. The van der Waals surface area contributed by atoms with Gasteiger partial charge in [0.2, 0.25) is 21.8 Å². The van der Waals surface area contributed by atoms with Crippen molar-refractivity contribution < 1.29 is 57.5 Å². The van der Waals surface area contributed by atoms with Gasteiger partial charge >= 0.3 is 0 Å². The number of sulfonamides is 1. The Kier molecular flexibility index (Phi) is 12.8. The van der Waals surface area contributed by atoms with Gasteiger partial charge in [-0.15, -0.1) is 0 Å². The molecule has 2 aliphatic carbocycles. The number of halogens is 6. The van der Waals surface area contributed by atoms with Gasteiger partial charge in [-0.1, -0.05) is 12.1 Å². The molecule has 0 bridgehead atoms. The van der Waals surface area contributed by atoms with E-state index in [-0.39, 0.29) is 85.7 Å². The summed E-state index contributed by atoms with van der Waals surface area (Å²) in [5, 5.41) is 15.6. The number of carbonyl (C=O) groups is 2. The number of ether oxygens (including phenoxy) is 1. The van der Waals surface area contributed by atoms with Crippen LogP contribution >= 0.6 is 0 Å². The number of sulfone groups is 1. The number of aromatic nitrogens is 8. The molecule has 2 unspecified atom stereocenters. The van der Waals surface area contributed by atoms with Gasteiger partial charge in [0, 0.05) is 69.3 Å². The van der Waals surface area contributed by atoms with Crippen molar-refractivity contribution in [1.29, 1.82) is 0 Å². The number of hydrogen-bond donors (Lipinski definition) is 6. The maximum Gasteiger partial charge on any atom is 0.295 e. The van der Waals surface area contributed by atoms with Gasteiger partial charge in [-0.25, -0.2) is 63.1 Å². The first-order valence-electron chi connectivity index (χ1n) is 22.9. The Labute approximate surface area is 417 Å². The number of benzene rings is 2. The lowest BCUT2D eigenvalue weighted by molar-refractivity contribution is -0.119. The highest BCUT2D eigenvalue weighted by atomic mass is 32.2. The molecule has 0 spiro atoms. The fourth-order valence-corrected chi connectivity index (χ4v) is 10.3. The Balaban J connectivity index is 0.861. The number of amides is 2. The van der Waals surface area contributed by atoms with Crippen molar-refractivity contribution in [2.24, 2.45) is 17.8 Å². The molecular weight excluding hydrogens is 1020 g/mol. The summed E-state index contributed by atoms with van der Waals surface area (Å²) in [6.07, 6.45) is 0.430. The normalized spacial score (nSPS) is 18.8. The number of pyridine rings is 2. The van der Waals surface area contributed by atoms with Gasteiger partial charge in [0.1, 0.15) is 28.6 Å². The minimum atomic E-state index is -3.93. The van der Waals surface area contributed by atoms with Crippen LogP contribution in [0.2, 0.25) is 0 Å². The van der Waals surface area contributed by atoms with Crippen LogP contribution < -0.4 is 25.6 Å². The van der Waals surface area contributed by atoms with Crippen molar-refractivity contribution in [3.63, 3.8) is 0 Å². The van der Waals surface area contributed by atoms with Gasteiger partial charge < -0.3 is 36.0 Å². The molecule has 10 rings (SSSR count). The summed E-state index contributed by atoms with van der Waals surface area (Å²) in [6, 6.07) is 12.3. The molecule has 7 aromatic rings. The Morgan fingerprint density at radius 1 is 0.797 bits per heavy atom. The van der Waals surface area contributed by atoms with E-state index in [9.17, 15) is 52.8 Å². The molecule has 6 N–H and O–H groups in total. The molecule has 2 saturated carbocycles. The smallest absolute Gasteiger partial charge is 0.295 e. The molecule has 2 amide bonds. The number of carbonyl (C=O) groups excluding carboxylic acids is 2. The molecule has 1 aliphatic heterocycles.